The summed E-state index contributed by atoms with van der Waals surface area (Å²) in [5.41, 5.74) is 0. The van der Waals surface area contributed by atoms with E-state index in [0.717, 1.165) is 24.6 Å². The molecule has 1 aliphatic carbocycles. The number of carbonyl (C=O) groups is 1. The molecule has 1 atom stereocenters. The lowest BCUT2D eigenvalue weighted by Crippen LogP contribution is -2.33. The van der Waals surface area contributed by atoms with Gasteiger partial charge in [-0.15, -0.1) is 0 Å². The van der Waals surface area contributed by atoms with E-state index >= 15 is 0 Å². The van der Waals surface area contributed by atoms with E-state index in [1.807, 2.05) is 17.7 Å². The highest BCUT2D eigenvalue weighted by Gasteiger charge is 2.26. The van der Waals surface area contributed by atoms with Crippen LogP contribution in [0.3, 0.4) is 0 Å². The normalized spacial score (nSPS) is 16.5. The molecule has 3 rings (SSSR count). The maximum Gasteiger partial charge on any atom is 0.245 e. The zero-order valence-corrected chi connectivity index (χ0v) is 15.5. The third-order valence-corrected chi connectivity index (χ3v) is 4.93. The van der Waals surface area contributed by atoms with Gasteiger partial charge < -0.3 is 14.0 Å². The Bertz CT molecular complexity index is 715. The Balaban J connectivity index is 1.65. The summed E-state index contributed by atoms with van der Waals surface area (Å²) >= 11 is 0. The first-order valence-electron chi connectivity index (χ1n) is 9.07. The van der Waals surface area contributed by atoms with Crippen molar-refractivity contribution in [2.45, 2.75) is 70.9 Å². The maximum absolute atomic E-state index is 12.8. The molecule has 0 saturated heterocycles. The second-order valence-corrected chi connectivity index (χ2v) is 7.25. The fraction of sp³-hybridized carbons (Fsp3) is 0.667. The van der Waals surface area contributed by atoms with E-state index in [2.05, 4.69) is 29.0 Å². The Morgan fingerprint density at radius 3 is 2.76 bits per heavy atom. The Hall–Kier alpha value is -2.18. The van der Waals surface area contributed by atoms with Crippen molar-refractivity contribution in [2.75, 3.05) is 7.05 Å². The molecule has 2 aromatic heterocycles. The van der Waals surface area contributed by atoms with Crippen molar-refractivity contribution in [3.63, 3.8) is 0 Å². The lowest BCUT2D eigenvalue weighted by atomic mass is 10.1. The highest BCUT2D eigenvalue weighted by Crippen LogP contribution is 2.33. The molecular formula is C18H27N5O2. The van der Waals surface area contributed by atoms with Gasteiger partial charge in [-0.3, -0.25) is 4.79 Å². The predicted octanol–water partition coefficient (Wildman–Crippen LogP) is 3.27. The average Bonchev–Trinajstić information content (AvgIpc) is 3.32. The number of rotatable bonds is 6. The van der Waals surface area contributed by atoms with Crippen LogP contribution in [-0.2, 0) is 11.3 Å². The van der Waals surface area contributed by atoms with Crippen LogP contribution >= 0.6 is 0 Å². The van der Waals surface area contributed by atoms with Gasteiger partial charge in [-0.25, -0.2) is 4.98 Å². The summed E-state index contributed by atoms with van der Waals surface area (Å²) in [7, 11) is 1.77. The summed E-state index contributed by atoms with van der Waals surface area (Å²) < 4.78 is 7.33. The number of amides is 1. The molecule has 7 heteroatoms. The predicted molar refractivity (Wildman–Crippen MR) is 93.0 cm³/mol. The molecule has 25 heavy (non-hydrogen) atoms. The monoisotopic (exact) mass is 345 g/mol. The fourth-order valence-electron chi connectivity index (χ4n) is 3.50. The molecule has 1 saturated carbocycles. The van der Waals surface area contributed by atoms with E-state index < -0.39 is 0 Å². The molecule has 0 aromatic carbocycles. The van der Waals surface area contributed by atoms with Crippen LogP contribution in [0.5, 0.6) is 0 Å². The Kier molecular flexibility index (Phi) is 5.20. The van der Waals surface area contributed by atoms with Crippen molar-refractivity contribution in [3.05, 3.63) is 29.9 Å². The third kappa shape index (κ3) is 3.75. The first-order chi connectivity index (χ1) is 12.0. The Labute approximate surface area is 148 Å². The molecule has 0 aliphatic heterocycles. The van der Waals surface area contributed by atoms with Gasteiger partial charge in [0.25, 0.3) is 0 Å². The van der Waals surface area contributed by atoms with Crippen molar-refractivity contribution < 1.29 is 9.32 Å². The highest BCUT2D eigenvalue weighted by molar-refractivity contribution is 5.79. The van der Waals surface area contributed by atoms with E-state index in [4.69, 9.17) is 4.52 Å². The highest BCUT2D eigenvalue weighted by atomic mass is 16.5. The van der Waals surface area contributed by atoms with Crippen molar-refractivity contribution in [1.82, 2.24) is 24.6 Å². The van der Waals surface area contributed by atoms with E-state index in [1.165, 1.54) is 12.8 Å². The molecule has 2 aromatic rings. The second-order valence-electron chi connectivity index (χ2n) is 7.25. The molecular weight excluding hydrogens is 318 g/mol. The van der Waals surface area contributed by atoms with Crippen LogP contribution in [-0.4, -0.2) is 37.5 Å². The number of carbonyl (C=O) groups excluding carboxylic acids is 1. The van der Waals surface area contributed by atoms with Crippen molar-refractivity contribution in [1.29, 1.82) is 0 Å². The largest absolute Gasteiger partial charge is 0.339 e. The minimum atomic E-state index is -0.314. The second kappa shape index (κ2) is 7.37. The van der Waals surface area contributed by atoms with Gasteiger partial charge in [0.1, 0.15) is 11.9 Å². The third-order valence-electron chi connectivity index (χ3n) is 4.93. The van der Waals surface area contributed by atoms with E-state index in [-0.39, 0.29) is 17.9 Å². The van der Waals surface area contributed by atoms with Gasteiger partial charge in [0.15, 0.2) is 5.82 Å². The fourth-order valence-corrected chi connectivity index (χ4v) is 3.50. The van der Waals surface area contributed by atoms with Crippen molar-refractivity contribution >= 4 is 5.91 Å². The molecule has 7 nitrogen and oxygen atoms in total. The van der Waals surface area contributed by atoms with Crippen LogP contribution in [0.15, 0.2) is 16.9 Å². The van der Waals surface area contributed by atoms with Crippen LogP contribution in [0.25, 0.3) is 0 Å². The summed E-state index contributed by atoms with van der Waals surface area (Å²) in [6, 6.07) is -0.314. The Morgan fingerprint density at radius 2 is 2.08 bits per heavy atom. The SMILES string of the molecule is CC(C)c1nccn1[C@H](C)C(=O)N(C)Cc1noc(C2CCCC2)n1. The number of likely N-dealkylation sites (N-methyl/N-ethyl adjacent to an activating group) is 1. The maximum atomic E-state index is 12.8. The number of imidazole rings is 1. The van der Waals surface area contributed by atoms with Crippen LogP contribution in [0.1, 0.15) is 81.9 Å². The topological polar surface area (TPSA) is 77.0 Å². The quantitative estimate of drug-likeness (QED) is 0.803. The molecule has 1 fully saturated rings. The summed E-state index contributed by atoms with van der Waals surface area (Å²) in [4.78, 5) is 23.3. The standard InChI is InChI=1S/C18H27N5O2/c1-12(2)16-19-9-10-23(16)13(3)18(24)22(4)11-15-20-17(25-21-15)14-7-5-6-8-14/h9-10,12-14H,5-8,11H2,1-4H3/t13-/m1/s1. The minimum Gasteiger partial charge on any atom is -0.339 e. The van der Waals surface area contributed by atoms with Crippen LogP contribution < -0.4 is 0 Å². The molecule has 1 amide bonds. The van der Waals surface area contributed by atoms with Gasteiger partial charge in [-0.05, 0) is 19.8 Å². The van der Waals surface area contributed by atoms with E-state index in [9.17, 15) is 4.79 Å². The zero-order chi connectivity index (χ0) is 18.0. The molecule has 1 aliphatic rings. The Morgan fingerprint density at radius 1 is 1.36 bits per heavy atom. The number of aromatic nitrogens is 4. The molecule has 136 valence electrons. The zero-order valence-electron chi connectivity index (χ0n) is 15.5. The number of hydrogen-bond donors (Lipinski definition) is 0. The molecule has 0 bridgehead atoms. The van der Waals surface area contributed by atoms with Crippen LogP contribution in [0.4, 0.5) is 0 Å². The van der Waals surface area contributed by atoms with Crippen LogP contribution in [0, 0.1) is 0 Å². The van der Waals surface area contributed by atoms with Gasteiger partial charge in [0, 0.05) is 31.3 Å². The van der Waals surface area contributed by atoms with Crippen molar-refractivity contribution in [2.24, 2.45) is 0 Å². The lowest BCUT2D eigenvalue weighted by molar-refractivity contribution is -0.133. The van der Waals surface area contributed by atoms with Gasteiger partial charge >= 0.3 is 0 Å². The van der Waals surface area contributed by atoms with E-state index in [1.54, 1.807) is 18.1 Å². The van der Waals surface area contributed by atoms with Crippen LogP contribution in [0.2, 0.25) is 0 Å². The summed E-state index contributed by atoms with van der Waals surface area (Å²) in [5, 5.41) is 4.05. The van der Waals surface area contributed by atoms with E-state index in [0.29, 0.717) is 18.3 Å². The van der Waals surface area contributed by atoms with Gasteiger partial charge in [0.05, 0.1) is 6.54 Å². The van der Waals surface area contributed by atoms with Crippen molar-refractivity contribution in [3.8, 4) is 0 Å². The molecule has 0 spiro atoms. The summed E-state index contributed by atoms with van der Waals surface area (Å²) in [6.07, 6.45) is 8.28. The van der Waals surface area contributed by atoms with Gasteiger partial charge in [0.2, 0.25) is 11.8 Å². The van der Waals surface area contributed by atoms with Gasteiger partial charge in [-0.1, -0.05) is 31.8 Å². The van der Waals surface area contributed by atoms with Gasteiger partial charge in [-0.2, -0.15) is 4.98 Å². The molecule has 0 N–H and O–H groups in total. The molecule has 0 radical (unpaired) electrons. The number of nitrogens with zero attached hydrogens (tertiary/aromatic N) is 5. The molecule has 0 unspecified atom stereocenters. The minimum absolute atomic E-state index is 0.00659. The summed E-state index contributed by atoms with van der Waals surface area (Å²) in [5.74, 6) is 2.87. The first-order valence-corrected chi connectivity index (χ1v) is 9.07. The lowest BCUT2D eigenvalue weighted by Gasteiger charge is -2.23. The number of hydrogen-bond acceptors (Lipinski definition) is 5. The summed E-state index contributed by atoms with van der Waals surface area (Å²) in [6.45, 7) is 6.39. The first kappa shape index (κ1) is 17.6. The smallest absolute Gasteiger partial charge is 0.245 e. The molecule has 2 heterocycles. The average molecular weight is 345 g/mol.